The van der Waals surface area contributed by atoms with Crippen molar-refractivity contribution in [2.45, 2.75) is 57.7 Å². The van der Waals surface area contributed by atoms with Gasteiger partial charge in [-0.25, -0.2) is 5.10 Å². The van der Waals surface area contributed by atoms with Gasteiger partial charge in [-0.3, -0.25) is 15.2 Å². The van der Waals surface area contributed by atoms with Crippen LogP contribution in [0.15, 0.2) is 5.16 Å². The third-order valence-corrected chi connectivity index (χ3v) is 3.72. The van der Waals surface area contributed by atoms with Crippen molar-refractivity contribution in [1.29, 1.82) is 0 Å². The van der Waals surface area contributed by atoms with Crippen molar-refractivity contribution in [2.75, 3.05) is 0 Å². The van der Waals surface area contributed by atoms with E-state index < -0.39 is 11.2 Å². The van der Waals surface area contributed by atoms with Crippen LogP contribution in [0.3, 0.4) is 0 Å². The Labute approximate surface area is 241 Å². The molecule has 25 heavy (non-hydrogen) atoms. The summed E-state index contributed by atoms with van der Waals surface area (Å²) in [7, 11) is 0. The number of tetrazole rings is 1. The average Bonchev–Trinajstić information content (AvgIpc) is 3.10. The van der Waals surface area contributed by atoms with Crippen LogP contribution in [0, 0.1) is 130 Å². The second kappa shape index (κ2) is 12.0. The predicted octanol–water partition coefficient (Wildman–Crippen LogP) is 0.834. The van der Waals surface area contributed by atoms with E-state index in [1.807, 2.05) is 20.8 Å². The van der Waals surface area contributed by atoms with Crippen molar-refractivity contribution < 1.29 is 139 Å². The van der Waals surface area contributed by atoms with Gasteiger partial charge in [0.1, 0.15) is 16.9 Å². The van der Waals surface area contributed by atoms with Gasteiger partial charge in [-0.1, -0.05) is 5.16 Å². The minimum Gasteiger partial charge on any atom is -0.460 e. The van der Waals surface area contributed by atoms with Crippen molar-refractivity contribution in [3.8, 4) is 0 Å². The summed E-state index contributed by atoms with van der Waals surface area (Å²) in [6, 6.07) is 0. The molecule has 2 heterocycles. The summed E-state index contributed by atoms with van der Waals surface area (Å²) in [5.41, 5.74) is -0.256. The molecule has 2 unspecified atom stereocenters. The maximum atomic E-state index is 12.2. The van der Waals surface area contributed by atoms with Gasteiger partial charge in [0, 0.05) is 137 Å². The van der Waals surface area contributed by atoms with Gasteiger partial charge < -0.3 is 14.7 Å². The Balaban J connectivity index is 0. The molecular weight excluding hydrogens is 1230 g/mol. The fraction of sp³-hybridized carbons (Fsp3) is 0.769. The zero-order valence-corrected chi connectivity index (χ0v) is 31.0. The molecule has 1 aliphatic heterocycles. The first kappa shape index (κ1) is 29.4. The van der Waals surface area contributed by atoms with Crippen molar-refractivity contribution in [3.63, 3.8) is 0 Å². The number of nitrogens with zero attached hydrogens (tertiary/aromatic N) is 5. The van der Waals surface area contributed by atoms with E-state index in [0.717, 1.165) is 12.8 Å². The number of ether oxygens (including phenoxy) is 1. The average molecular weight is 1240 g/mol. The van der Waals surface area contributed by atoms with Gasteiger partial charge in [0.05, 0.1) is 11.7 Å². The van der Waals surface area contributed by atoms with Crippen LogP contribution >= 0.6 is 0 Å². The minimum absolute atomic E-state index is 0. The van der Waals surface area contributed by atoms with E-state index in [4.69, 9.17) is 9.57 Å². The standard InChI is InChI=1S/C13H18N5O3.4U/c1-12(2,3)20-11(19)8-4-5-13(6-8)7-9(16-21-13)10-14-17-18-15-10;;;;/h8H,4-7H2,1-3H3;;;;/q-1;;;;. The van der Waals surface area contributed by atoms with E-state index in [9.17, 15) is 4.79 Å². The molecule has 0 amide bonds. The first-order chi connectivity index (χ1) is 9.87. The zero-order chi connectivity index (χ0) is 15.1. The van der Waals surface area contributed by atoms with Gasteiger partial charge in [0.2, 0.25) is 0 Å². The SMILES string of the molecule is CC(C)(C)OC(=O)C1CCC2(CC(c3nn[n-]n3)=NO2)C1.[U].[U].[U].[U]. The second-order valence-corrected chi connectivity index (χ2v) is 6.66. The van der Waals surface area contributed by atoms with Crippen molar-refractivity contribution in [2.24, 2.45) is 11.1 Å². The van der Waals surface area contributed by atoms with Crippen molar-refractivity contribution >= 4 is 11.7 Å². The molecule has 1 aliphatic carbocycles. The molecule has 1 fully saturated rings. The number of carbonyl (C=O) groups excluding carboxylic acids is 1. The number of esters is 1. The Bertz CT molecular complexity index is 579. The van der Waals surface area contributed by atoms with E-state index in [1.165, 1.54) is 0 Å². The normalized spacial score (nSPS) is 24.0. The second-order valence-electron chi connectivity index (χ2n) is 6.66. The molecule has 12 heteroatoms. The Kier molecular flexibility index (Phi) is 14.2. The van der Waals surface area contributed by atoms with Crippen LogP contribution in [0.2, 0.25) is 0 Å². The molecule has 1 aromatic heterocycles. The monoisotopic (exact) mass is 1240 g/mol. The summed E-state index contributed by atoms with van der Waals surface area (Å²) in [4.78, 5) is 17.7. The van der Waals surface area contributed by atoms with Gasteiger partial charge in [0.15, 0.2) is 0 Å². The largest absolute Gasteiger partial charge is 0.460 e. The first-order valence-corrected chi connectivity index (χ1v) is 7.04. The molecular formula is C13H18N5O3U4-. The van der Waals surface area contributed by atoms with Gasteiger partial charge in [-0.2, -0.15) is 0 Å². The summed E-state index contributed by atoms with van der Waals surface area (Å²) in [6.07, 6.45) is 2.71. The summed E-state index contributed by atoms with van der Waals surface area (Å²) in [6.45, 7) is 5.61. The molecule has 3 rings (SSSR count). The van der Waals surface area contributed by atoms with Crippen LogP contribution in [-0.4, -0.2) is 38.3 Å². The van der Waals surface area contributed by atoms with Gasteiger partial charge in [-0.05, 0) is 33.6 Å². The van der Waals surface area contributed by atoms with Gasteiger partial charge in [-0.15, -0.1) is 0 Å². The van der Waals surface area contributed by atoms with Crippen molar-refractivity contribution in [3.05, 3.63) is 5.82 Å². The molecule has 1 aromatic rings. The van der Waals surface area contributed by atoms with Gasteiger partial charge in [0.25, 0.3) is 0 Å². The van der Waals surface area contributed by atoms with Crippen LogP contribution in [0.4, 0.5) is 0 Å². The van der Waals surface area contributed by atoms with E-state index >= 15 is 0 Å². The van der Waals surface area contributed by atoms with Crippen molar-refractivity contribution in [1.82, 2.24) is 20.6 Å². The summed E-state index contributed by atoms with van der Waals surface area (Å²) < 4.78 is 5.45. The number of oxime groups is 1. The summed E-state index contributed by atoms with van der Waals surface area (Å²) >= 11 is 0. The molecule has 2 aliphatic rings. The molecule has 130 valence electrons. The van der Waals surface area contributed by atoms with Gasteiger partial charge >= 0.3 is 5.97 Å². The van der Waals surface area contributed by atoms with Crippen LogP contribution in [0.5, 0.6) is 0 Å². The maximum Gasteiger partial charge on any atom is 0.309 e. The molecule has 0 aromatic carbocycles. The molecule has 0 bridgehead atoms. The first-order valence-electron chi connectivity index (χ1n) is 7.04. The Morgan fingerprint density at radius 1 is 1.28 bits per heavy atom. The quantitative estimate of drug-likeness (QED) is 0.406. The summed E-state index contributed by atoms with van der Waals surface area (Å²) in [5.74, 6) is 0.0903. The number of hydrogen-bond acceptors (Lipinski definition) is 7. The number of rotatable bonds is 2. The number of hydrogen-bond donors (Lipinski definition) is 0. The summed E-state index contributed by atoms with van der Waals surface area (Å²) in [5, 5.41) is 18.5. The predicted molar refractivity (Wildman–Crippen MR) is 71.3 cm³/mol. The Hall–Kier alpha value is 2.22. The topological polar surface area (TPSA) is 101 Å². The minimum atomic E-state index is -0.467. The molecule has 1 spiro atoms. The number of aromatic nitrogens is 4. The van der Waals surface area contributed by atoms with Crippen LogP contribution in [0.25, 0.3) is 0 Å². The molecule has 8 nitrogen and oxygen atoms in total. The van der Waals surface area contributed by atoms with E-state index in [0.29, 0.717) is 24.4 Å². The molecule has 1 saturated carbocycles. The fourth-order valence-electron chi connectivity index (χ4n) is 2.82. The van der Waals surface area contributed by atoms with E-state index in [1.54, 1.807) is 0 Å². The van der Waals surface area contributed by atoms with Crippen LogP contribution in [-0.2, 0) is 14.4 Å². The van der Waals surface area contributed by atoms with E-state index in [-0.39, 0.29) is 136 Å². The molecule has 0 radical (unpaired) electrons. The third kappa shape index (κ3) is 7.86. The zero-order valence-electron chi connectivity index (χ0n) is 14.4. The van der Waals surface area contributed by atoms with E-state index in [2.05, 4.69) is 25.8 Å². The number of carbonyl (C=O) groups is 1. The Morgan fingerprint density at radius 2 is 1.96 bits per heavy atom. The molecule has 2 atom stereocenters. The fourth-order valence-corrected chi connectivity index (χ4v) is 2.82. The third-order valence-electron chi connectivity index (χ3n) is 3.72. The molecule has 0 saturated heterocycles. The van der Waals surface area contributed by atoms with Crippen LogP contribution < -0.4 is 5.21 Å². The smallest absolute Gasteiger partial charge is 0.309 e. The molecule has 0 N–H and O–H groups in total. The maximum absolute atomic E-state index is 12.2. The Morgan fingerprint density at radius 3 is 2.52 bits per heavy atom. The van der Waals surface area contributed by atoms with Crippen LogP contribution in [0.1, 0.15) is 52.3 Å².